The van der Waals surface area contributed by atoms with Gasteiger partial charge >= 0.3 is 0 Å². The lowest BCUT2D eigenvalue weighted by Crippen LogP contribution is -2.11. The first-order chi connectivity index (χ1) is 27.8. The van der Waals surface area contributed by atoms with E-state index in [4.69, 9.17) is 0 Å². The Kier molecular flexibility index (Phi) is 7.75. The standard InChI is InChI=1S/C54H35NS/c1-2-13-39-34-41(25-24-36(39)12-1)45-16-7-9-21-51(45)55(42-30-26-37(27-31-42)46-20-11-23-53-54(46)49-19-8-10-22-52(49)56-53)43-32-28-38(29-33-43)50-35-40-14-3-4-15-44(40)47-17-5-6-18-48(47)50/h1-35H. The van der Waals surface area contributed by atoms with Gasteiger partial charge in [-0.3, -0.25) is 0 Å². The molecule has 0 fully saturated rings. The summed E-state index contributed by atoms with van der Waals surface area (Å²) in [6.07, 6.45) is 0. The second-order valence-electron chi connectivity index (χ2n) is 14.5. The molecule has 0 aliphatic rings. The summed E-state index contributed by atoms with van der Waals surface area (Å²) in [5, 5.41) is 10.2. The highest BCUT2D eigenvalue weighted by molar-refractivity contribution is 7.25. The van der Waals surface area contributed by atoms with Gasteiger partial charge in [-0.2, -0.15) is 0 Å². The summed E-state index contributed by atoms with van der Waals surface area (Å²) < 4.78 is 2.64. The van der Waals surface area contributed by atoms with Crippen molar-refractivity contribution in [3.8, 4) is 33.4 Å². The van der Waals surface area contributed by atoms with Crippen LogP contribution in [-0.2, 0) is 0 Å². The summed E-state index contributed by atoms with van der Waals surface area (Å²) >= 11 is 1.87. The molecule has 56 heavy (non-hydrogen) atoms. The molecule has 0 aliphatic heterocycles. The van der Waals surface area contributed by atoms with E-state index in [0.717, 1.165) is 17.1 Å². The fraction of sp³-hybridized carbons (Fsp3) is 0. The predicted octanol–water partition coefficient (Wildman–Crippen LogP) is 16.0. The Morgan fingerprint density at radius 1 is 0.304 bits per heavy atom. The van der Waals surface area contributed by atoms with Gasteiger partial charge in [-0.05, 0) is 115 Å². The Bertz CT molecular complexity index is 3250. The Labute approximate surface area is 330 Å². The summed E-state index contributed by atoms with van der Waals surface area (Å²) in [5.74, 6) is 0. The third kappa shape index (κ3) is 5.46. The zero-order valence-electron chi connectivity index (χ0n) is 30.6. The fourth-order valence-corrected chi connectivity index (χ4v) is 9.72. The number of benzene rings is 10. The highest BCUT2D eigenvalue weighted by Gasteiger charge is 2.19. The minimum Gasteiger partial charge on any atom is -0.310 e. The third-order valence-corrected chi connectivity index (χ3v) is 12.4. The van der Waals surface area contributed by atoms with E-state index in [0.29, 0.717) is 0 Å². The van der Waals surface area contributed by atoms with Gasteiger partial charge in [-0.15, -0.1) is 11.3 Å². The minimum atomic E-state index is 1.10. The third-order valence-electron chi connectivity index (χ3n) is 11.2. The lowest BCUT2D eigenvalue weighted by atomic mass is 9.93. The van der Waals surface area contributed by atoms with Gasteiger partial charge in [0.15, 0.2) is 0 Å². The lowest BCUT2D eigenvalue weighted by Gasteiger charge is -2.28. The molecule has 0 saturated heterocycles. The molecule has 0 unspecified atom stereocenters. The molecule has 11 rings (SSSR count). The molecular formula is C54H35NS. The molecule has 0 bridgehead atoms. The van der Waals surface area contributed by atoms with Crippen molar-refractivity contribution < 1.29 is 0 Å². The SMILES string of the molecule is c1ccc(N(c2ccc(-c3cc4ccccc4c4ccccc34)cc2)c2ccc(-c3cccc4sc5ccccc5c34)cc2)c(-c2ccc3ccccc3c2)c1. The van der Waals surface area contributed by atoms with Crippen LogP contribution in [0.25, 0.3) is 85.9 Å². The van der Waals surface area contributed by atoms with E-state index in [-0.39, 0.29) is 0 Å². The lowest BCUT2D eigenvalue weighted by molar-refractivity contribution is 1.28. The van der Waals surface area contributed by atoms with E-state index in [9.17, 15) is 0 Å². The Morgan fingerprint density at radius 3 is 1.64 bits per heavy atom. The van der Waals surface area contributed by atoms with Crippen molar-refractivity contribution in [3.05, 3.63) is 212 Å². The van der Waals surface area contributed by atoms with Gasteiger partial charge in [0.25, 0.3) is 0 Å². The number of fused-ring (bicyclic) bond motifs is 7. The van der Waals surface area contributed by atoms with Crippen molar-refractivity contribution >= 4 is 80.9 Å². The molecule has 2 heteroatoms. The molecule has 0 N–H and O–H groups in total. The first-order valence-electron chi connectivity index (χ1n) is 19.2. The summed E-state index contributed by atoms with van der Waals surface area (Å²) in [5.41, 5.74) is 10.6. The van der Waals surface area contributed by atoms with Crippen LogP contribution in [0.5, 0.6) is 0 Å². The first kappa shape index (κ1) is 32.4. The van der Waals surface area contributed by atoms with Gasteiger partial charge in [0.05, 0.1) is 5.69 Å². The van der Waals surface area contributed by atoms with Crippen molar-refractivity contribution in [2.45, 2.75) is 0 Å². The predicted molar refractivity (Wildman–Crippen MR) is 243 cm³/mol. The van der Waals surface area contributed by atoms with E-state index in [1.807, 2.05) is 11.3 Å². The maximum absolute atomic E-state index is 2.41. The summed E-state index contributed by atoms with van der Waals surface area (Å²) in [7, 11) is 0. The van der Waals surface area contributed by atoms with Crippen LogP contribution < -0.4 is 4.90 Å². The van der Waals surface area contributed by atoms with Crippen LogP contribution in [0.3, 0.4) is 0 Å². The minimum absolute atomic E-state index is 1.10. The zero-order chi connectivity index (χ0) is 37.0. The topological polar surface area (TPSA) is 3.24 Å². The quantitative estimate of drug-likeness (QED) is 0.154. The van der Waals surface area contributed by atoms with Crippen molar-refractivity contribution in [1.82, 2.24) is 0 Å². The molecular weight excluding hydrogens is 695 g/mol. The molecule has 0 radical (unpaired) electrons. The van der Waals surface area contributed by atoms with E-state index >= 15 is 0 Å². The molecule has 11 aromatic rings. The number of hydrogen-bond acceptors (Lipinski definition) is 2. The number of nitrogens with zero attached hydrogens (tertiary/aromatic N) is 1. The average Bonchev–Trinajstić information content (AvgIpc) is 3.66. The van der Waals surface area contributed by atoms with Crippen molar-refractivity contribution in [3.63, 3.8) is 0 Å². The fourth-order valence-electron chi connectivity index (χ4n) is 8.59. The van der Waals surface area contributed by atoms with Crippen LogP contribution in [0.2, 0.25) is 0 Å². The molecule has 1 heterocycles. The highest BCUT2D eigenvalue weighted by Crippen LogP contribution is 2.45. The van der Waals surface area contributed by atoms with Gasteiger partial charge in [0.2, 0.25) is 0 Å². The average molecular weight is 730 g/mol. The Balaban J connectivity index is 1.06. The summed E-state index contributed by atoms with van der Waals surface area (Å²) in [4.78, 5) is 2.41. The van der Waals surface area contributed by atoms with Gasteiger partial charge in [-0.1, -0.05) is 158 Å². The smallest absolute Gasteiger partial charge is 0.0540 e. The summed E-state index contributed by atoms with van der Waals surface area (Å²) in [6, 6.07) is 77.7. The molecule has 0 saturated carbocycles. The van der Waals surface area contributed by atoms with Crippen LogP contribution in [0.15, 0.2) is 212 Å². The van der Waals surface area contributed by atoms with Crippen molar-refractivity contribution in [2.24, 2.45) is 0 Å². The molecule has 0 spiro atoms. The maximum atomic E-state index is 2.41. The Hall–Kier alpha value is -7.00. The Morgan fingerprint density at radius 2 is 0.857 bits per heavy atom. The van der Waals surface area contributed by atoms with Gasteiger partial charge in [0.1, 0.15) is 0 Å². The normalized spacial score (nSPS) is 11.6. The molecule has 0 amide bonds. The second-order valence-corrected chi connectivity index (χ2v) is 15.6. The highest BCUT2D eigenvalue weighted by atomic mass is 32.1. The van der Waals surface area contributed by atoms with Gasteiger partial charge < -0.3 is 4.90 Å². The molecule has 262 valence electrons. The number of hydrogen-bond donors (Lipinski definition) is 0. The van der Waals surface area contributed by atoms with E-state index in [1.54, 1.807) is 0 Å². The molecule has 0 atom stereocenters. The molecule has 1 aromatic heterocycles. The van der Waals surface area contributed by atoms with E-state index < -0.39 is 0 Å². The van der Waals surface area contributed by atoms with Crippen molar-refractivity contribution in [2.75, 3.05) is 4.90 Å². The van der Waals surface area contributed by atoms with E-state index in [2.05, 4.69) is 217 Å². The summed E-state index contributed by atoms with van der Waals surface area (Å²) in [6.45, 7) is 0. The zero-order valence-corrected chi connectivity index (χ0v) is 31.4. The van der Waals surface area contributed by atoms with Crippen LogP contribution >= 0.6 is 11.3 Å². The van der Waals surface area contributed by atoms with Gasteiger partial charge in [0, 0.05) is 37.1 Å². The van der Waals surface area contributed by atoms with Crippen LogP contribution in [-0.4, -0.2) is 0 Å². The van der Waals surface area contributed by atoms with Crippen molar-refractivity contribution in [1.29, 1.82) is 0 Å². The maximum Gasteiger partial charge on any atom is 0.0540 e. The van der Waals surface area contributed by atoms with Crippen LogP contribution in [0.4, 0.5) is 17.1 Å². The molecule has 1 nitrogen and oxygen atoms in total. The monoisotopic (exact) mass is 729 g/mol. The number of thiophene rings is 1. The largest absolute Gasteiger partial charge is 0.310 e. The molecule has 0 aliphatic carbocycles. The number of rotatable bonds is 6. The van der Waals surface area contributed by atoms with Crippen LogP contribution in [0.1, 0.15) is 0 Å². The van der Waals surface area contributed by atoms with Crippen LogP contribution in [0, 0.1) is 0 Å². The number of para-hydroxylation sites is 1. The van der Waals surface area contributed by atoms with E-state index in [1.165, 1.54) is 85.9 Å². The number of anilines is 3. The second kappa shape index (κ2) is 13.4. The molecule has 10 aromatic carbocycles. The van der Waals surface area contributed by atoms with Gasteiger partial charge in [-0.25, -0.2) is 0 Å². The first-order valence-corrected chi connectivity index (χ1v) is 20.0.